The van der Waals surface area contributed by atoms with Crippen LogP contribution < -0.4 is 10.1 Å². The van der Waals surface area contributed by atoms with Crippen molar-refractivity contribution in [2.75, 3.05) is 12.4 Å². The second-order valence-corrected chi connectivity index (χ2v) is 5.53. The van der Waals surface area contributed by atoms with Crippen LogP contribution in [0.15, 0.2) is 53.0 Å². The van der Waals surface area contributed by atoms with Crippen LogP contribution in [0, 0.1) is 6.92 Å². The van der Waals surface area contributed by atoms with Gasteiger partial charge in [-0.1, -0.05) is 28.1 Å². The zero-order valence-corrected chi connectivity index (χ0v) is 13.5. The maximum absolute atomic E-state index is 11.9. The van der Waals surface area contributed by atoms with Crippen LogP contribution in [0.5, 0.6) is 5.75 Å². The lowest BCUT2D eigenvalue weighted by Crippen LogP contribution is -2.07. The number of anilines is 1. The maximum atomic E-state index is 11.9. The second kappa shape index (κ2) is 7.09. The first-order chi connectivity index (χ1) is 10.1. The molecule has 1 N–H and O–H groups in total. The molecule has 0 aliphatic carbocycles. The Morgan fingerprint density at radius 1 is 1.19 bits per heavy atom. The average molecular weight is 346 g/mol. The Morgan fingerprint density at radius 3 is 2.52 bits per heavy atom. The zero-order chi connectivity index (χ0) is 15.2. The van der Waals surface area contributed by atoms with E-state index in [9.17, 15) is 4.79 Å². The van der Waals surface area contributed by atoms with Gasteiger partial charge in [-0.25, -0.2) is 0 Å². The number of hydrogen-bond acceptors (Lipinski definition) is 2. The second-order valence-electron chi connectivity index (χ2n) is 4.61. The number of nitrogens with one attached hydrogen (secondary N) is 1. The van der Waals surface area contributed by atoms with Crippen LogP contribution in [0.2, 0.25) is 0 Å². The van der Waals surface area contributed by atoms with Gasteiger partial charge in [0.25, 0.3) is 0 Å². The van der Waals surface area contributed by atoms with E-state index in [1.54, 1.807) is 13.2 Å². The molecule has 3 nitrogen and oxygen atoms in total. The summed E-state index contributed by atoms with van der Waals surface area (Å²) in [5, 5.41) is 2.84. The van der Waals surface area contributed by atoms with Crippen molar-refractivity contribution in [3.05, 3.63) is 64.1 Å². The van der Waals surface area contributed by atoms with Gasteiger partial charge in [-0.05, 0) is 54.5 Å². The summed E-state index contributed by atoms with van der Waals surface area (Å²) in [5.41, 5.74) is 2.79. The molecule has 0 spiro atoms. The fraction of sp³-hybridized carbons (Fsp3) is 0.118. The van der Waals surface area contributed by atoms with Crippen molar-refractivity contribution in [1.29, 1.82) is 0 Å². The van der Waals surface area contributed by atoms with Gasteiger partial charge in [-0.2, -0.15) is 0 Å². The number of ether oxygens (including phenoxy) is 1. The van der Waals surface area contributed by atoms with E-state index < -0.39 is 0 Å². The molecule has 1 amide bonds. The summed E-state index contributed by atoms with van der Waals surface area (Å²) >= 11 is 3.41. The standard InChI is InChI=1S/C17H16BrNO2/c1-12-9-14(18)11-15(10-12)19-17(20)8-5-13-3-6-16(21-2)7-4-13/h3-11H,1-2H3,(H,19,20)/b8-5+. The molecule has 2 aromatic carbocycles. The Labute approximate surface area is 132 Å². The predicted molar refractivity (Wildman–Crippen MR) is 89.5 cm³/mol. The molecule has 0 saturated heterocycles. The Morgan fingerprint density at radius 2 is 1.90 bits per heavy atom. The summed E-state index contributed by atoms with van der Waals surface area (Å²) in [6.45, 7) is 1.98. The molecule has 4 heteroatoms. The van der Waals surface area contributed by atoms with E-state index >= 15 is 0 Å². The number of carbonyl (C=O) groups excluding carboxylic acids is 1. The SMILES string of the molecule is COc1ccc(/C=C/C(=O)Nc2cc(C)cc(Br)c2)cc1. The third-order valence-corrected chi connectivity index (χ3v) is 3.31. The Balaban J connectivity index is 2.01. The van der Waals surface area contributed by atoms with E-state index in [0.717, 1.165) is 27.0 Å². The molecule has 0 aliphatic heterocycles. The van der Waals surface area contributed by atoms with Gasteiger partial charge in [0, 0.05) is 16.2 Å². The third kappa shape index (κ3) is 4.76. The molecule has 0 atom stereocenters. The molecular formula is C17H16BrNO2. The molecule has 0 aromatic heterocycles. The minimum atomic E-state index is -0.164. The van der Waals surface area contributed by atoms with E-state index in [1.807, 2.05) is 49.4 Å². The number of rotatable bonds is 4. The minimum absolute atomic E-state index is 0.164. The molecule has 21 heavy (non-hydrogen) atoms. The van der Waals surface area contributed by atoms with Crippen molar-refractivity contribution in [3.63, 3.8) is 0 Å². The third-order valence-electron chi connectivity index (χ3n) is 2.85. The molecule has 0 unspecified atom stereocenters. The van der Waals surface area contributed by atoms with Gasteiger partial charge in [-0.15, -0.1) is 0 Å². The summed E-state index contributed by atoms with van der Waals surface area (Å²) in [6.07, 6.45) is 3.28. The summed E-state index contributed by atoms with van der Waals surface area (Å²) in [5.74, 6) is 0.629. The summed E-state index contributed by atoms with van der Waals surface area (Å²) < 4.78 is 6.03. The van der Waals surface area contributed by atoms with Gasteiger partial charge in [-0.3, -0.25) is 4.79 Å². The van der Waals surface area contributed by atoms with Crippen molar-refractivity contribution in [3.8, 4) is 5.75 Å². The van der Waals surface area contributed by atoms with Gasteiger partial charge in [0.1, 0.15) is 5.75 Å². The summed E-state index contributed by atoms with van der Waals surface area (Å²) in [4.78, 5) is 11.9. The van der Waals surface area contributed by atoms with Crippen molar-refractivity contribution in [2.24, 2.45) is 0 Å². The van der Waals surface area contributed by atoms with Crippen molar-refractivity contribution in [2.45, 2.75) is 6.92 Å². The van der Waals surface area contributed by atoms with Gasteiger partial charge in [0.15, 0.2) is 0 Å². The predicted octanol–water partition coefficient (Wildman–Crippen LogP) is 4.42. The van der Waals surface area contributed by atoms with Crippen LogP contribution in [-0.4, -0.2) is 13.0 Å². The smallest absolute Gasteiger partial charge is 0.248 e. The number of benzene rings is 2. The highest BCUT2D eigenvalue weighted by Crippen LogP contribution is 2.19. The first-order valence-electron chi connectivity index (χ1n) is 6.47. The molecule has 108 valence electrons. The largest absolute Gasteiger partial charge is 0.497 e. The summed E-state index contributed by atoms with van der Waals surface area (Å²) in [7, 11) is 1.62. The monoisotopic (exact) mass is 345 g/mol. The number of hydrogen-bond donors (Lipinski definition) is 1. The van der Waals surface area contributed by atoms with Gasteiger partial charge >= 0.3 is 0 Å². The van der Waals surface area contributed by atoms with Gasteiger partial charge in [0.2, 0.25) is 5.91 Å². The number of methoxy groups -OCH3 is 1. The Kier molecular flexibility index (Phi) is 5.17. The van der Waals surface area contributed by atoms with Crippen LogP contribution in [-0.2, 0) is 4.79 Å². The zero-order valence-electron chi connectivity index (χ0n) is 11.9. The van der Waals surface area contributed by atoms with E-state index in [-0.39, 0.29) is 5.91 Å². The van der Waals surface area contributed by atoms with E-state index in [1.165, 1.54) is 6.08 Å². The van der Waals surface area contributed by atoms with Gasteiger partial charge in [0.05, 0.1) is 7.11 Å². The number of amides is 1. The van der Waals surface area contributed by atoms with E-state index in [0.29, 0.717) is 0 Å². The number of carbonyl (C=O) groups is 1. The highest BCUT2D eigenvalue weighted by Gasteiger charge is 2.00. The Bertz CT molecular complexity index is 643. The average Bonchev–Trinajstić information content (AvgIpc) is 2.44. The summed E-state index contributed by atoms with van der Waals surface area (Å²) in [6, 6.07) is 13.3. The van der Waals surface area contributed by atoms with Crippen LogP contribution in [0.4, 0.5) is 5.69 Å². The number of halogens is 1. The molecule has 0 aliphatic rings. The Hall–Kier alpha value is -2.07. The highest BCUT2D eigenvalue weighted by molar-refractivity contribution is 9.10. The molecule has 2 rings (SSSR count). The van der Waals surface area contributed by atoms with Crippen molar-refractivity contribution >= 4 is 33.6 Å². The molecule has 0 heterocycles. The van der Waals surface area contributed by atoms with E-state index in [2.05, 4.69) is 21.2 Å². The molecule has 0 bridgehead atoms. The van der Waals surface area contributed by atoms with E-state index in [4.69, 9.17) is 4.74 Å². The van der Waals surface area contributed by atoms with Crippen molar-refractivity contribution in [1.82, 2.24) is 0 Å². The fourth-order valence-corrected chi connectivity index (χ4v) is 2.49. The minimum Gasteiger partial charge on any atom is -0.497 e. The van der Waals surface area contributed by atoms with Gasteiger partial charge < -0.3 is 10.1 Å². The molecule has 0 saturated carbocycles. The highest BCUT2D eigenvalue weighted by atomic mass is 79.9. The topological polar surface area (TPSA) is 38.3 Å². The van der Waals surface area contributed by atoms with Crippen LogP contribution in [0.1, 0.15) is 11.1 Å². The quantitative estimate of drug-likeness (QED) is 0.833. The molecule has 2 aromatic rings. The lowest BCUT2D eigenvalue weighted by atomic mass is 10.2. The van der Waals surface area contributed by atoms with Crippen molar-refractivity contribution < 1.29 is 9.53 Å². The molecule has 0 radical (unpaired) electrons. The normalized spacial score (nSPS) is 10.6. The first kappa shape index (κ1) is 15.3. The fourth-order valence-electron chi connectivity index (χ4n) is 1.88. The lowest BCUT2D eigenvalue weighted by Gasteiger charge is -2.04. The lowest BCUT2D eigenvalue weighted by molar-refractivity contribution is -0.111. The van der Waals surface area contributed by atoms with Crippen LogP contribution >= 0.6 is 15.9 Å². The molecular weight excluding hydrogens is 330 g/mol. The van der Waals surface area contributed by atoms with Crippen LogP contribution in [0.3, 0.4) is 0 Å². The maximum Gasteiger partial charge on any atom is 0.248 e. The number of aryl methyl sites for hydroxylation is 1. The first-order valence-corrected chi connectivity index (χ1v) is 7.26. The van der Waals surface area contributed by atoms with Crippen LogP contribution in [0.25, 0.3) is 6.08 Å². The molecule has 0 fully saturated rings.